The Balaban J connectivity index is 1.62. The molecule has 2 aromatic rings. The second-order valence-corrected chi connectivity index (χ2v) is 8.45. The lowest BCUT2D eigenvalue weighted by molar-refractivity contribution is -0.140. The van der Waals surface area contributed by atoms with E-state index in [2.05, 4.69) is 60.7 Å². The molecule has 0 heterocycles. The van der Waals surface area contributed by atoms with Crippen LogP contribution in [-0.4, -0.2) is 12.2 Å². The molecular formula is C26H34O2. The summed E-state index contributed by atoms with van der Waals surface area (Å²) in [5.41, 5.74) is 2.47. The summed E-state index contributed by atoms with van der Waals surface area (Å²) in [5, 5.41) is 0. The zero-order valence-corrected chi connectivity index (χ0v) is 17.0. The molecule has 2 aliphatic carbocycles. The Hall–Kier alpha value is -1.64. The van der Waals surface area contributed by atoms with E-state index in [9.17, 15) is 0 Å². The first-order valence-electron chi connectivity index (χ1n) is 11.3. The van der Waals surface area contributed by atoms with Crippen LogP contribution in [0.1, 0.15) is 87.5 Å². The van der Waals surface area contributed by atoms with Gasteiger partial charge in [0.1, 0.15) is 12.2 Å². The topological polar surface area (TPSA) is 18.5 Å². The van der Waals surface area contributed by atoms with E-state index < -0.39 is 0 Å². The van der Waals surface area contributed by atoms with Crippen molar-refractivity contribution in [1.82, 2.24) is 0 Å². The normalized spacial score (nSPS) is 21.3. The molecule has 0 spiro atoms. The van der Waals surface area contributed by atoms with Crippen LogP contribution in [0, 0.1) is 0 Å². The van der Waals surface area contributed by atoms with Gasteiger partial charge in [-0.3, -0.25) is 0 Å². The lowest BCUT2D eigenvalue weighted by Gasteiger charge is -2.36. The van der Waals surface area contributed by atoms with Gasteiger partial charge in [0.25, 0.3) is 0 Å². The van der Waals surface area contributed by atoms with E-state index in [1.807, 2.05) is 0 Å². The molecule has 28 heavy (non-hydrogen) atoms. The molecule has 150 valence electrons. The molecule has 2 aliphatic rings. The predicted octanol–water partition coefficient (Wildman–Crippen LogP) is 7.17. The summed E-state index contributed by atoms with van der Waals surface area (Å²) < 4.78 is 13.6. The molecule has 2 aromatic carbocycles. The molecule has 2 fully saturated rings. The van der Waals surface area contributed by atoms with Crippen molar-refractivity contribution >= 4 is 0 Å². The van der Waals surface area contributed by atoms with E-state index in [0.717, 1.165) is 0 Å². The van der Waals surface area contributed by atoms with Gasteiger partial charge in [0.2, 0.25) is 0 Å². The number of benzene rings is 2. The van der Waals surface area contributed by atoms with Gasteiger partial charge in [-0.1, -0.05) is 99.2 Å². The third kappa shape index (κ3) is 5.24. The largest absolute Gasteiger partial charge is 0.367 e. The highest BCUT2D eigenvalue weighted by Gasteiger charge is 2.32. The maximum Gasteiger partial charge on any atom is 0.113 e. The van der Waals surface area contributed by atoms with Gasteiger partial charge in [-0.25, -0.2) is 0 Å². The van der Waals surface area contributed by atoms with E-state index >= 15 is 0 Å². The summed E-state index contributed by atoms with van der Waals surface area (Å²) >= 11 is 0. The fourth-order valence-corrected chi connectivity index (χ4v) is 4.75. The number of rotatable bonds is 7. The Kier molecular flexibility index (Phi) is 7.18. The van der Waals surface area contributed by atoms with Crippen molar-refractivity contribution in [2.24, 2.45) is 0 Å². The maximum atomic E-state index is 6.81. The molecule has 4 rings (SSSR count). The second kappa shape index (κ2) is 10.2. The van der Waals surface area contributed by atoms with Crippen LogP contribution in [-0.2, 0) is 9.47 Å². The monoisotopic (exact) mass is 378 g/mol. The van der Waals surface area contributed by atoms with Gasteiger partial charge >= 0.3 is 0 Å². The predicted molar refractivity (Wildman–Crippen MR) is 114 cm³/mol. The quantitative estimate of drug-likeness (QED) is 0.508. The Morgan fingerprint density at radius 1 is 0.500 bits per heavy atom. The molecule has 0 saturated heterocycles. The molecule has 0 radical (unpaired) electrons. The van der Waals surface area contributed by atoms with Gasteiger partial charge in [0.15, 0.2) is 0 Å². The molecular weight excluding hydrogens is 344 g/mol. The minimum absolute atomic E-state index is 0.0476. The molecule has 2 atom stereocenters. The lowest BCUT2D eigenvalue weighted by Crippen LogP contribution is -2.28. The SMILES string of the molecule is c1ccc([C@@H](OC2CCCCC2)[C@H](OC2CCCCC2)c2ccccc2)cc1. The van der Waals surface area contributed by atoms with Crippen molar-refractivity contribution in [1.29, 1.82) is 0 Å². The van der Waals surface area contributed by atoms with Crippen LogP contribution >= 0.6 is 0 Å². The average Bonchev–Trinajstić information content (AvgIpc) is 2.79. The highest BCUT2D eigenvalue weighted by Crippen LogP contribution is 2.40. The van der Waals surface area contributed by atoms with Crippen molar-refractivity contribution in [3.8, 4) is 0 Å². The van der Waals surface area contributed by atoms with Gasteiger partial charge in [0, 0.05) is 0 Å². The van der Waals surface area contributed by atoms with Crippen LogP contribution < -0.4 is 0 Å². The van der Waals surface area contributed by atoms with E-state index in [1.54, 1.807) is 0 Å². The third-order valence-electron chi connectivity index (χ3n) is 6.31. The maximum absolute atomic E-state index is 6.81. The Labute approximate surface area is 170 Å². The smallest absolute Gasteiger partial charge is 0.113 e. The van der Waals surface area contributed by atoms with Crippen LogP contribution in [0.3, 0.4) is 0 Å². The second-order valence-electron chi connectivity index (χ2n) is 8.45. The fraction of sp³-hybridized carbons (Fsp3) is 0.538. The van der Waals surface area contributed by atoms with Crippen LogP contribution in [0.2, 0.25) is 0 Å². The van der Waals surface area contributed by atoms with Gasteiger partial charge in [-0.15, -0.1) is 0 Å². The van der Waals surface area contributed by atoms with Crippen LogP contribution in [0.5, 0.6) is 0 Å². The summed E-state index contributed by atoms with van der Waals surface area (Å²) in [6.45, 7) is 0. The molecule has 0 bridgehead atoms. The average molecular weight is 379 g/mol. The first-order valence-corrected chi connectivity index (χ1v) is 11.3. The summed E-state index contributed by atoms with van der Waals surface area (Å²) in [7, 11) is 0. The summed E-state index contributed by atoms with van der Waals surface area (Å²) in [4.78, 5) is 0. The summed E-state index contributed by atoms with van der Waals surface area (Å²) in [6.07, 6.45) is 13.1. The third-order valence-corrected chi connectivity index (χ3v) is 6.31. The molecule has 0 N–H and O–H groups in total. The fourth-order valence-electron chi connectivity index (χ4n) is 4.75. The van der Waals surface area contributed by atoms with Crippen molar-refractivity contribution in [2.45, 2.75) is 88.6 Å². The van der Waals surface area contributed by atoms with Crippen molar-refractivity contribution in [3.05, 3.63) is 71.8 Å². The van der Waals surface area contributed by atoms with Gasteiger partial charge in [-0.05, 0) is 36.8 Å². The van der Waals surface area contributed by atoms with Gasteiger partial charge in [-0.2, -0.15) is 0 Å². The minimum atomic E-state index is -0.0476. The van der Waals surface area contributed by atoms with E-state index in [0.29, 0.717) is 12.2 Å². The van der Waals surface area contributed by atoms with Crippen LogP contribution in [0.25, 0.3) is 0 Å². The molecule has 0 aliphatic heterocycles. The van der Waals surface area contributed by atoms with Gasteiger partial charge in [0.05, 0.1) is 12.2 Å². The van der Waals surface area contributed by atoms with Crippen molar-refractivity contribution < 1.29 is 9.47 Å². The molecule has 0 amide bonds. The zero-order valence-electron chi connectivity index (χ0n) is 17.0. The summed E-state index contributed by atoms with van der Waals surface area (Å²) in [5.74, 6) is 0. The number of hydrogen-bond donors (Lipinski definition) is 0. The first kappa shape index (κ1) is 19.7. The number of ether oxygens (including phenoxy) is 2. The molecule has 2 saturated carbocycles. The highest BCUT2D eigenvalue weighted by atomic mass is 16.6. The van der Waals surface area contributed by atoms with Crippen LogP contribution in [0.15, 0.2) is 60.7 Å². The highest BCUT2D eigenvalue weighted by molar-refractivity contribution is 5.25. The Bertz CT molecular complexity index is 611. The Morgan fingerprint density at radius 3 is 1.21 bits per heavy atom. The molecule has 0 aromatic heterocycles. The molecule has 2 heteroatoms. The standard InChI is InChI=1S/C26H34O2/c1-5-13-21(14-6-1)25(27-23-17-9-3-10-18-23)26(22-15-7-2-8-16-22)28-24-19-11-4-12-20-24/h1-2,5-8,13-16,23-26H,3-4,9-12,17-20H2/t25-,26-/m1/s1. The first-order chi connectivity index (χ1) is 13.9. The van der Waals surface area contributed by atoms with Crippen molar-refractivity contribution in [2.75, 3.05) is 0 Å². The van der Waals surface area contributed by atoms with Crippen molar-refractivity contribution in [3.63, 3.8) is 0 Å². The molecule has 0 unspecified atom stereocenters. The van der Waals surface area contributed by atoms with E-state index in [1.165, 1.54) is 75.3 Å². The molecule has 2 nitrogen and oxygen atoms in total. The summed E-state index contributed by atoms with van der Waals surface area (Å²) in [6, 6.07) is 21.5. The Morgan fingerprint density at radius 2 is 0.857 bits per heavy atom. The van der Waals surface area contributed by atoms with Gasteiger partial charge < -0.3 is 9.47 Å². The van der Waals surface area contributed by atoms with E-state index in [4.69, 9.17) is 9.47 Å². The number of hydrogen-bond acceptors (Lipinski definition) is 2. The lowest BCUT2D eigenvalue weighted by atomic mass is 9.93. The van der Waals surface area contributed by atoms with E-state index in [-0.39, 0.29) is 12.2 Å². The zero-order chi connectivity index (χ0) is 19.0. The minimum Gasteiger partial charge on any atom is -0.367 e. The van der Waals surface area contributed by atoms with Crippen LogP contribution in [0.4, 0.5) is 0 Å².